The quantitative estimate of drug-likeness (QED) is 0.707. The molecule has 2 aromatic heterocycles. The van der Waals surface area contributed by atoms with Crippen molar-refractivity contribution in [1.29, 1.82) is 0 Å². The Morgan fingerprint density at radius 2 is 2.20 bits per heavy atom. The predicted octanol–water partition coefficient (Wildman–Crippen LogP) is 2.45. The highest BCUT2D eigenvalue weighted by Gasteiger charge is 2.12. The zero-order chi connectivity index (χ0) is 14.1. The molecule has 0 aliphatic carbocycles. The molecule has 3 aromatic rings. The number of anilines is 1. The van der Waals surface area contributed by atoms with Gasteiger partial charge in [0.1, 0.15) is 17.6 Å². The number of fused-ring (bicyclic) bond motifs is 1. The van der Waals surface area contributed by atoms with Gasteiger partial charge < -0.3 is 5.32 Å². The fourth-order valence-electron chi connectivity index (χ4n) is 1.63. The minimum Gasteiger partial charge on any atom is -0.322 e. The molecule has 0 saturated heterocycles. The minimum atomic E-state index is -0.219. The van der Waals surface area contributed by atoms with Gasteiger partial charge in [-0.1, -0.05) is 6.07 Å². The first-order valence-electron chi connectivity index (χ1n) is 5.40. The van der Waals surface area contributed by atoms with Gasteiger partial charge in [0.15, 0.2) is 4.73 Å². The summed E-state index contributed by atoms with van der Waals surface area (Å²) in [4.78, 5) is 16.0. The van der Waals surface area contributed by atoms with Gasteiger partial charge >= 0.3 is 0 Å². The number of nitrogens with one attached hydrogen (secondary N) is 1. The number of hydrogen-bond donors (Lipinski definition) is 1. The average Bonchev–Trinajstić information content (AvgIpc) is 2.97. The normalized spacial score (nSPS) is 10.9. The number of hydrogen-bond acceptors (Lipinski definition) is 6. The van der Waals surface area contributed by atoms with Crippen LogP contribution >= 0.6 is 43.6 Å². The number of rotatable bonds is 3. The molecule has 1 N–H and O–H groups in total. The molecule has 0 unspecified atom stereocenters. The second kappa shape index (κ2) is 5.54. The number of aromatic nitrogens is 5. The molecule has 3 rings (SSSR count). The zero-order valence-corrected chi connectivity index (χ0v) is 13.7. The Balaban J connectivity index is 1.79. The van der Waals surface area contributed by atoms with Crippen LogP contribution in [0.15, 0.2) is 27.7 Å². The van der Waals surface area contributed by atoms with Gasteiger partial charge in [0, 0.05) is 0 Å². The maximum absolute atomic E-state index is 12.0. The third-order valence-electron chi connectivity index (χ3n) is 2.45. The summed E-state index contributed by atoms with van der Waals surface area (Å²) in [6, 6.07) is 5.45. The summed E-state index contributed by atoms with van der Waals surface area (Å²) in [5, 5.41) is 6.83. The van der Waals surface area contributed by atoms with Gasteiger partial charge in [-0.05, 0) is 44.0 Å². The SMILES string of the molecule is O=C(Cn1nc(Br)nc1Br)Nc1cccc2nsnc12. The predicted molar refractivity (Wildman–Crippen MR) is 81.5 cm³/mol. The molecule has 0 spiro atoms. The van der Waals surface area contributed by atoms with Crippen molar-refractivity contribution in [2.45, 2.75) is 6.54 Å². The van der Waals surface area contributed by atoms with Crippen molar-refractivity contribution in [1.82, 2.24) is 23.5 Å². The third-order valence-corrected chi connectivity index (χ3v) is 3.92. The molecule has 0 atom stereocenters. The summed E-state index contributed by atoms with van der Waals surface area (Å²) < 4.78 is 10.6. The highest BCUT2D eigenvalue weighted by molar-refractivity contribution is 9.11. The Morgan fingerprint density at radius 3 is 2.95 bits per heavy atom. The van der Waals surface area contributed by atoms with Gasteiger partial charge in [-0.25, -0.2) is 4.68 Å². The average molecular weight is 418 g/mol. The van der Waals surface area contributed by atoms with Crippen LogP contribution in [0.1, 0.15) is 0 Å². The molecular formula is C10H6Br2N6OS. The molecule has 0 radical (unpaired) electrons. The summed E-state index contributed by atoms with van der Waals surface area (Å²) in [5.74, 6) is -0.219. The minimum absolute atomic E-state index is 0.0487. The molecule has 10 heteroatoms. The Hall–Kier alpha value is -1.39. The van der Waals surface area contributed by atoms with E-state index in [4.69, 9.17) is 0 Å². The molecule has 0 aliphatic rings. The van der Waals surface area contributed by atoms with Gasteiger partial charge in [-0.15, -0.1) is 5.10 Å². The topological polar surface area (TPSA) is 85.6 Å². The van der Waals surface area contributed by atoms with Crippen molar-refractivity contribution in [2.75, 3.05) is 5.32 Å². The summed E-state index contributed by atoms with van der Waals surface area (Å²) in [7, 11) is 0. The summed E-state index contributed by atoms with van der Waals surface area (Å²) >= 11 is 7.48. The van der Waals surface area contributed by atoms with Crippen molar-refractivity contribution in [3.63, 3.8) is 0 Å². The fourth-order valence-corrected chi connectivity index (χ4v) is 3.15. The zero-order valence-electron chi connectivity index (χ0n) is 9.75. The van der Waals surface area contributed by atoms with Crippen molar-refractivity contribution in [3.05, 3.63) is 27.7 Å². The van der Waals surface area contributed by atoms with Crippen LogP contribution in [-0.2, 0) is 11.3 Å². The van der Waals surface area contributed by atoms with E-state index in [9.17, 15) is 4.79 Å². The van der Waals surface area contributed by atoms with Crippen LogP contribution in [0, 0.1) is 0 Å². The van der Waals surface area contributed by atoms with Crippen molar-refractivity contribution in [2.24, 2.45) is 0 Å². The van der Waals surface area contributed by atoms with E-state index in [1.807, 2.05) is 12.1 Å². The lowest BCUT2D eigenvalue weighted by Gasteiger charge is -2.05. The maximum atomic E-state index is 12.0. The lowest BCUT2D eigenvalue weighted by Crippen LogP contribution is -2.19. The number of halogens is 2. The second-order valence-electron chi connectivity index (χ2n) is 3.79. The largest absolute Gasteiger partial charge is 0.322 e. The summed E-state index contributed by atoms with van der Waals surface area (Å²) in [5.41, 5.74) is 2.08. The number of carbonyl (C=O) groups is 1. The highest BCUT2D eigenvalue weighted by atomic mass is 79.9. The first-order valence-corrected chi connectivity index (χ1v) is 7.72. The maximum Gasteiger partial charge on any atom is 0.246 e. The van der Waals surface area contributed by atoms with Crippen molar-refractivity contribution < 1.29 is 4.79 Å². The molecule has 102 valence electrons. The molecule has 20 heavy (non-hydrogen) atoms. The molecule has 1 aromatic carbocycles. The molecule has 0 bridgehead atoms. The number of carbonyl (C=O) groups excluding carboxylic acids is 1. The van der Waals surface area contributed by atoms with Crippen molar-refractivity contribution >= 4 is 66.2 Å². The molecule has 0 saturated carbocycles. The van der Waals surface area contributed by atoms with E-state index in [2.05, 4.69) is 56.0 Å². The van der Waals surface area contributed by atoms with Crippen LogP contribution in [0.25, 0.3) is 11.0 Å². The van der Waals surface area contributed by atoms with Crippen LogP contribution in [0.2, 0.25) is 0 Å². The van der Waals surface area contributed by atoms with Crippen molar-refractivity contribution in [3.8, 4) is 0 Å². The van der Waals surface area contributed by atoms with Crippen LogP contribution in [-0.4, -0.2) is 29.4 Å². The van der Waals surface area contributed by atoms with E-state index < -0.39 is 0 Å². The highest BCUT2D eigenvalue weighted by Crippen LogP contribution is 2.21. The Labute approximate surface area is 134 Å². The summed E-state index contributed by atoms with van der Waals surface area (Å²) in [6.45, 7) is 0.0487. The monoisotopic (exact) mass is 416 g/mol. The van der Waals surface area contributed by atoms with Gasteiger partial charge in [-0.2, -0.15) is 13.7 Å². The van der Waals surface area contributed by atoms with Crippen LogP contribution < -0.4 is 5.32 Å². The molecule has 2 heterocycles. The fraction of sp³-hybridized carbons (Fsp3) is 0.100. The molecular weight excluding hydrogens is 412 g/mol. The van der Waals surface area contributed by atoms with E-state index in [0.29, 0.717) is 20.7 Å². The smallest absolute Gasteiger partial charge is 0.246 e. The third kappa shape index (κ3) is 2.72. The number of benzene rings is 1. The van der Waals surface area contributed by atoms with E-state index in [0.717, 1.165) is 17.2 Å². The Morgan fingerprint density at radius 1 is 1.35 bits per heavy atom. The van der Waals surface area contributed by atoms with Gasteiger partial charge in [-0.3, -0.25) is 4.79 Å². The van der Waals surface area contributed by atoms with E-state index >= 15 is 0 Å². The Bertz CT molecular complexity index is 785. The second-order valence-corrected chi connectivity index (χ2v) is 5.74. The standard InChI is InChI=1S/C10H6Br2N6OS/c11-9-14-10(12)18(15-9)4-7(19)13-5-2-1-3-6-8(5)17-20-16-6/h1-3H,4H2,(H,13,19). The first kappa shape index (κ1) is 13.6. The van der Waals surface area contributed by atoms with Crippen LogP contribution in [0.4, 0.5) is 5.69 Å². The first-order chi connectivity index (χ1) is 9.63. The molecule has 0 fully saturated rings. The van der Waals surface area contributed by atoms with Crippen LogP contribution in [0.5, 0.6) is 0 Å². The number of amides is 1. The van der Waals surface area contributed by atoms with Crippen LogP contribution in [0.3, 0.4) is 0 Å². The van der Waals surface area contributed by atoms with Gasteiger partial charge in [0.25, 0.3) is 0 Å². The molecule has 1 amide bonds. The lowest BCUT2D eigenvalue weighted by atomic mass is 10.2. The summed E-state index contributed by atoms with van der Waals surface area (Å²) in [6.07, 6.45) is 0. The van der Waals surface area contributed by atoms with Gasteiger partial charge in [0.2, 0.25) is 10.6 Å². The Kier molecular flexibility index (Phi) is 3.76. The van der Waals surface area contributed by atoms with E-state index in [1.165, 1.54) is 4.68 Å². The molecule has 7 nitrogen and oxygen atoms in total. The lowest BCUT2D eigenvalue weighted by molar-refractivity contribution is -0.116. The van der Waals surface area contributed by atoms with E-state index in [1.54, 1.807) is 6.07 Å². The molecule has 0 aliphatic heterocycles. The van der Waals surface area contributed by atoms with Gasteiger partial charge in [0.05, 0.1) is 17.4 Å². The van der Waals surface area contributed by atoms with E-state index in [-0.39, 0.29) is 12.5 Å². The number of nitrogens with zero attached hydrogens (tertiary/aromatic N) is 5.